The van der Waals surface area contributed by atoms with Crippen LogP contribution < -0.4 is 11.1 Å². The van der Waals surface area contributed by atoms with E-state index in [0.29, 0.717) is 24.5 Å². The van der Waals surface area contributed by atoms with Gasteiger partial charge in [-0.2, -0.15) is 0 Å². The fraction of sp³-hybridized carbons (Fsp3) is 0.206. The zero-order valence-corrected chi connectivity index (χ0v) is 25.1. The Labute approximate surface area is 253 Å². The first kappa shape index (κ1) is 28.4. The van der Waals surface area contributed by atoms with Crippen molar-refractivity contribution in [3.63, 3.8) is 0 Å². The van der Waals surface area contributed by atoms with E-state index in [-0.39, 0.29) is 11.9 Å². The van der Waals surface area contributed by atoms with Crippen LogP contribution in [-0.2, 0) is 16.1 Å². The number of carbonyl (C=O) groups excluding carboxylic acids is 2. The number of H-pyrrole nitrogens is 1. The van der Waals surface area contributed by atoms with Crippen LogP contribution in [0, 0.1) is 0 Å². The number of benzene rings is 4. The first-order valence-electron chi connectivity index (χ1n) is 14.2. The Morgan fingerprint density at radius 2 is 1.81 bits per heavy atom. The van der Waals surface area contributed by atoms with E-state index in [1.165, 1.54) is 22.1 Å². The number of rotatable bonds is 8. The topological polar surface area (TPSA) is 113 Å². The fourth-order valence-electron chi connectivity index (χ4n) is 5.56. The molecule has 0 aliphatic carbocycles. The zero-order chi connectivity index (χ0) is 30.1. The van der Waals surface area contributed by atoms with Crippen LogP contribution in [0.25, 0.3) is 42.3 Å². The molecule has 0 saturated carbocycles. The number of fused-ring (bicyclic) bond motifs is 4. The highest BCUT2D eigenvalue weighted by molar-refractivity contribution is 7.22. The van der Waals surface area contributed by atoms with E-state index in [1.54, 1.807) is 16.2 Å². The summed E-state index contributed by atoms with van der Waals surface area (Å²) in [7, 11) is 1.28. The van der Waals surface area contributed by atoms with Crippen LogP contribution >= 0.6 is 11.3 Å². The zero-order valence-electron chi connectivity index (χ0n) is 24.3. The molecule has 8 nitrogen and oxygen atoms in total. The molecule has 2 heterocycles. The maximum atomic E-state index is 13.9. The van der Waals surface area contributed by atoms with Gasteiger partial charge in [0.25, 0.3) is 5.91 Å². The summed E-state index contributed by atoms with van der Waals surface area (Å²) in [6.07, 6.45) is -0.670. The molecule has 2 atom stereocenters. The number of amides is 2. The quantitative estimate of drug-likeness (QED) is 0.175. The summed E-state index contributed by atoms with van der Waals surface area (Å²) in [4.78, 5) is 37.3. The molecule has 0 aliphatic heterocycles. The molecule has 0 aliphatic rings. The largest absolute Gasteiger partial charge is 0.453 e. The molecule has 0 spiro atoms. The molecule has 0 fully saturated rings. The number of aromatic nitrogens is 2. The minimum atomic E-state index is -0.893. The standard InChI is InChI=1S/C34H33N5O3S/c1-4-39(33(40)30(38-34(41)42-3)22-8-6-5-7-9-22)20(2)32-36-27-15-13-23-17-24(12-14-26(23)31(27)37-32)29-18-25-11-10-21(19-35)16-28(25)43-29/h5-18,20,30H,4,19,35H2,1-3H3,(H,36,37)(H,38,41). The number of nitrogens with one attached hydrogen (secondary N) is 2. The lowest BCUT2D eigenvalue weighted by Gasteiger charge is -2.31. The molecular formula is C34H33N5O3S. The van der Waals surface area contributed by atoms with Crippen LogP contribution in [-0.4, -0.2) is 40.5 Å². The third-order valence-corrected chi connectivity index (χ3v) is 9.05. The molecule has 2 aromatic heterocycles. The lowest BCUT2D eigenvalue weighted by Crippen LogP contribution is -2.44. The molecule has 6 aromatic rings. The van der Waals surface area contributed by atoms with Gasteiger partial charge in [0.2, 0.25) is 0 Å². The summed E-state index contributed by atoms with van der Waals surface area (Å²) < 4.78 is 6.04. The molecule has 6 rings (SSSR count). The van der Waals surface area contributed by atoms with Crippen LogP contribution in [0.1, 0.15) is 42.9 Å². The van der Waals surface area contributed by atoms with E-state index < -0.39 is 12.1 Å². The van der Waals surface area contributed by atoms with Gasteiger partial charge in [-0.25, -0.2) is 9.78 Å². The van der Waals surface area contributed by atoms with Crippen LogP contribution in [0.2, 0.25) is 0 Å². The number of nitrogens with two attached hydrogens (primary N) is 1. The van der Waals surface area contributed by atoms with Crippen molar-refractivity contribution in [2.45, 2.75) is 32.5 Å². The van der Waals surface area contributed by atoms with Crippen molar-refractivity contribution in [2.24, 2.45) is 5.73 Å². The molecule has 4 aromatic carbocycles. The SMILES string of the molecule is CCN(C(=O)C(NC(=O)OC)c1ccccc1)C(C)c1nc2c(ccc3cc(-c4cc5ccc(CN)cc5s4)ccc32)[nH]1. The predicted molar refractivity (Wildman–Crippen MR) is 173 cm³/mol. The summed E-state index contributed by atoms with van der Waals surface area (Å²) in [5, 5.41) is 6.03. The first-order valence-corrected chi connectivity index (χ1v) is 15.1. The first-order chi connectivity index (χ1) is 20.9. The third kappa shape index (κ3) is 5.45. The number of nitrogens with zero attached hydrogens (tertiary/aromatic N) is 2. The smallest absolute Gasteiger partial charge is 0.407 e. The van der Waals surface area contributed by atoms with Gasteiger partial charge in [-0.3, -0.25) is 4.79 Å². The molecule has 2 unspecified atom stereocenters. The molecule has 43 heavy (non-hydrogen) atoms. The van der Waals surface area contributed by atoms with E-state index >= 15 is 0 Å². The Hall–Kier alpha value is -4.73. The number of alkyl carbamates (subject to hydrolysis) is 1. The molecular weight excluding hydrogens is 558 g/mol. The molecule has 2 amide bonds. The fourth-order valence-corrected chi connectivity index (χ4v) is 6.68. The van der Waals surface area contributed by atoms with Crippen LogP contribution in [0.3, 0.4) is 0 Å². The molecule has 0 radical (unpaired) electrons. The van der Waals surface area contributed by atoms with Crippen molar-refractivity contribution in [3.8, 4) is 10.4 Å². The maximum absolute atomic E-state index is 13.9. The third-order valence-electron chi connectivity index (χ3n) is 7.91. The van der Waals surface area contributed by atoms with Crippen molar-refractivity contribution in [1.29, 1.82) is 0 Å². The second-order valence-electron chi connectivity index (χ2n) is 10.5. The van der Waals surface area contributed by atoms with Gasteiger partial charge in [0.1, 0.15) is 11.9 Å². The number of likely N-dealkylation sites (N-methyl/N-ethyl adjacent to an activating group) is 1. The van der Waals surface area contributed by atoms with Gasteiger partial charge in [0, 0.05) is 28.1 Å². The molecule has 0 bridgehead atoms. The van der Waals surface area contributed by atoms with Crippen LogP contribution in [0.15, 0.2) is 84.9 Å². The Balaban J connectivity index is 1.32. The average Bonchev–Trinajstić information content (AvgIpc) is 3.68. The van der Waals surface area contributed by atoms with E-state index in [0.717, 1.165) is 32.9 Å². The van der Waals surface area contributed by atoms with Gasteiger partial charge < -0.3 is 25.7 Å². The van der Waals surface area contributed by atoms with Gasteiger partial charge in [0.05, 0.1) is 24.2 Å². The van der Waals surface area contributed by atoms with E-state index in [9.17, 15) is 9.59 Å². The minimum Gasteiger partial charge on any atom is -0.453 e. The minimum absolute atomic E-state index is 0.247. The van der Waals surface area contributed by atoms with Crippen LogP contribution in [0.5, 0.6) is 0 Å². The summed E-state index contributed by atoms with van der Waals surface area (Å²) >= 11 is 1.77. The number of hydrogen-bond acceptors (Lipinski definition) is 6. The van der Waals surface area contributed by atoms with Crippen molar-refractivity contribution in [1.82, 2.24) is 20.2 Å². The van der Waals surface area contributed by atoms with E-state index in [2.05, 4.69) is 58.8 Å². The van der Waals surface area contributed by atoms with Crippen molar-refractivity contribution in [3.05, 3.63) is 102 Å². The second kappa shape index (κ2) is 11.9. The number of aromatic amines is 1. The van der Waals surface area contributed by atoms with E-state index in [1.807, 2.05) is 50.2 Å². The molecule has 4 N–H and O–H groups in total. The average molecular weight is 592 g/mol. The highest BCUT2D eigenvalue weighted by Crippen LogP contribution is 2.37. The number of carbonyl (C=O) groups is 2. The Morgan fingerprint density at radius 3 is 2.56 bits per heavy atom. The lowest BCUT2D eigenvalue weighted by atomic mass is 10.0. The maximum Gasteiger partial charge on any atom is 0.407 e. The summed E-state index contributed by atoms with van der Waals surface area (Å²) in [5.74, 6) is 0.426. The predicted octanol–water partition coefficient (Wildman–Crippen LogP) is 7.06. The van der Waals surface area contributed by atoms with Gasteiger partial charge in [-0.1, -0.05) is 60.7 Å². The molecule has 9 heteroatoms. The Bertz CT molecular complexity index is 1950. The Kier molecular flexibility index (Phi) is 7.84. The number of thiophene rings is 1. The number of hydrogen-bond donors (Lipinski definition) is 3. The number of methoxy groups -OCH3 is 1. The molecule has 0 saturated heterocycles. The second-order valence-corrected chi connectivity index (χ2v) is 11.6. The van der Waals surface area contributed by atoms with Gasteiger partial charge in [0.15, 0.2) is 0 Å². The number of ether oxygens (including phenoxy) is 1. The van der Waals surface area contributed by atoms with Crippen molar-refractivity contribution >= 4 is 55.2 Å². The lowest BCUT2D eigenvalue weighted by molar-refractivity contribution is -0.135. The normalized spacial score (nSPS) is 12.8. The summed E-state index contributed by atoms with van der Waals surface area (Å²) in [5.41, 5.74) is 10.5. The van der Waals surface area contributed by atoms with Gasteiger partial charge in [-0.05, 0) is 65.6 Å². The van der Waals surface area contributed by atoms with Gasteiger partial charge >= 0.3 is 6.09 Å². The van der Waals surface area contributed by atoms with Crippen molar-refractivity contribution < 1.29 is 14.3 Å². The highest BCUT2D eigenvalue weighted by Gasteiger charge is 2.31. The summed E-state index contributed by atoms with van der Waals surface area (Å²) in [6, 6.07) is 27.1. The highest BCUT2D eigenvalue weighted by atomic mass is 32.1. The van der Waals surface area contributed by atoms with Gasteiger partial charge in [-0.15, -0.1) is 11.3 Å². The van der Waals surface area contributed by atoms with Crippen molar-refractivity contribution in [2.75, 3.05) is 13.7 Å². The summed E-state index contributed by atoms with van der Waals surface area (Å²) in [6.45, 7) is 4.81. The number of imidazole rings is 1. The molecule has 218 valence electrons. The van der Waals surface area contributed by atoms with Crippen LogP contribution in [0.4, 0.5) is 4.79 Å². The Morgan fingerprint density at radius 1 is 1.02 bits per heavy atom. The van der Waals surface area contributed by atoms with E-state index in [4.69, 9.17) is 15.5 Å². The monoisotopic (exact) mass is 591 g/mol.